The fourth-order valence-corrected chi connectivity index (χ4v) is 4.18. The van der Waals surface area contributed by atoms with Gasteiger partial charge in [-0.3, -0.25) is 9.52 Å². The standard InChI is InChI=1S/C24H25FN2O4S/c1-3-31-16-19-7-5-4-6-18(19)15-26-24(28)23-14-22(13-8-17(23)2)32(29,30)27-21-11-9-20(25)10-12-21/h4-14,27H,3,15-16H2,1-2H3,(H,26,28). The van der Waals surface area contributed by atoms with Gasteiger partial charge < -0.3 is 10.1 Å². The van der Waals surface area contributed by atoms with Gasteiger partial charge in [-0.25, -0.2) is 12.8 Å². The van der Waals surface area contributed by atoms with Gasteiger partial charge in [-0.1, -0.05) is 30.3 Å². The Hall–Kier alpha value is -3.23. The zero-order chi connectivity index (χ0) is 23.1. The maximum absolute atomic E-state index is 13.1. The van der Waals surface area contributed by atoms with Crippen LogP contribution in [0.1, 0.15) is 34.0 Å². The van der Waals surface area contributed by atoms with Gasteiger partial charge in [-0.2, -0.15) is 0 Å². The van der Waals surface area contributed by atoms with Crippen LogP contribution in [0, 0.1) is 12.7 Å². The van der Waals surface area contributed by atoms with Crippen molar-refractivity contribution < 1.29 is 22.3 Å². The third-order valence-corrected chi connectivity index (χ3v) is 6.26. The smallest absolute Gasteiger partial charge is 0.261 e. The highest BCUT2D eigenvalue weighted by atomic mass is 32.2. The predicted octanol–water partition coefficient (Wildman–Crippen LogP) is 4.40. The van der Waals surface area contributed by atoms with Crippen molar-refractivity contribution in [2.24, 2.45) is 0 Å². The van der Waals surface area contributed by atoms with Crippen LogP contribution in [0.15, 0.2) is 71.6 Å². The molecular formula is C24H25FN2O4S. The molecule has 1 amide bonds. The van der Waals surface area contributed by atoms with Gasteiger partial charge in [0.25, 0.3) is 15.9 Å². The second-order valence-corrected chi connectivity index (χ2v) is 8.86. The number of ether oxygens (including phenoxy) is 1. The van der Waals surface area contributed by atoms with E-state index >= 15 is 0 Å². The van der Waals surface area contributed by atoms with E-state index in [9.17, 15) is 17.6 Å². The summed E-state index contributed by atoms with van der Waals surface area (Å²) in [5.74, 6) is -0.849. The number of carbonyl (C=O) groups excluding carboxylic acids is 1. The second-order valence-electron chi connectivity index (χ2n) is 7.18. The van der Waals surface area contributed by atoms with Crippen molar-refractivity contribution in [2.75, 3.05) is 11.3 Å². The van der Waals surface area contributed by atoms with Crippen molar-refractivity contribution in [3.8, 4) is 0 Å². The van der Waals surface area contributed by atoms with E-state index in [2.05, 4.69) is 10.0 Å². The monoisotopic (exact) mass is 456 g/mol. The summed E-state index contributed by atoms with van der Waals surface area (Å²) in [6.45, 7) is 4.98. The van der Waals surface area contributed by atoms with Crippen LogP contribution in [0.4, 0.5) is 10.1 Å². The zero-order valence-corrected chi connectivity index (χ0v) is 18.7. The lowest BCUT2D eigenvalue weighted by Gasteiger charge is -2.13. The lowest BCUT2D eigenvalue weighted by atomic mass is 10.1. The van der Waals surface area contributed by atoms with Gasteiger partial charge in [0.2, 0.25) is 0 Å². The summed E-state index contributed by atoms with van der Waals surface area (Å²) < 4.78 is 46.4. The summed E-state index contributed by atoms with van der Waals surface area (Å²) in [6, 6.07) is 17.0. The summed E-state index contributed by atoms with van der Waals surface area (Å²) in [7, 11) is -3.95. The van der Waals surface area contributed by atoms with Crippen LogP contribution in [0.5, 0.6) is 0 Å². The molecule has 32 heavy (non-hydrogen) atoms. The molecule has 3 aromatic carbocycles. The topological polar surface area (TPSA) is 84.5 Å². The Morgan fingerprint density at radius 2 is 1.69 bits per heavy atom. The first-order valence-electron chi connectivity index (χ1n) is 10.1. The molecule has 0 bridgehead atoms. The van der Waals surface area contributed by atoms with Crippen molar-refractivity contribution in [3.05, 3.63) is 94.8 Å². The van der Waals surface area contributed by atoms with Crippen LogP contribution < -0.4 is 10.0 Å². The Kier molecular flexibility index (Phi) is 7.61. The summed E-state index contributed by atoms with van der Waals surface area (Å²) in [6.07, 6.45) is 0. The Morgan fingerprint density at radius 1 is 1.00 bits per heavy atom. The van der Waals surface area contributed by atoms with Gasteiger partial charge in [0, 0.05) is 24.4 Å². The van der Waals surface area contributed by atoms with Crippen molar-refractivity contribution in [1.29, 1.82) is 0 Å². The number of anilines is 1. The molecule has 3 rings (SSSR count). The molecule has 0 radical (unpaired) electrons. The molecule has 8 heteroatoms. The molecule has 0 aliphatic carbocycles. The number of halogens is 1. The van der Waals surface area contributed by atoms with E-state index < -0.39 is 15.8 Å². The van der Waals surface area contributed by atoms with Gasteiger partial charge in [-0.15, -0.1) is 0 Å². The zero-order valence-electron chi connectivity index (χ0n) is 17.9. The van der Waals surface area contributed by atoms with Crippen molar-refractivity contribution in [1.82, 2.24) is 5.32 Å². The molecule has 168 valence electrons. The number of sulfonamides is 1. The van der Waals surface area contributed by atoms with Gasteiger partial charge in [0.05, 0.1) is 11.5 Å². The minimum atomic E-state index is -3.95. The molecule has 0 aromatic heterocycles. The van der Waals surface area contributed by atoms with Crippen molar-refractivity contribution in [3.63, 3.8) is 0 Å². The van der Waals surface area contributed by atoms with Crippen LogP contribution in [-0.4, -0.2) is 20.9 Å². The van der Waals surface area contributed by atoms with Gasteiger partial charge in [0.1, 0.15) is 5.82 Å². The number of hydrogen-bond acceptors (Lipinski definition) is 4. The summed E-state index contributed by atoms with van der Waals surface area (Å²) in [5, 5.41) is 2.86. The molecule has 0 aliphatic rings. The highest BCUT2D eigenvalue weighted by molar-refractivity contribution is 7.92. The second kappa shape index (κ2) is 10.4. The number of nitrogens with one attached hydrogen (secondary N) is 2. The molecule has 2 N–H and O–H groups in total. The van der Waals surface area contributed by atoms with E-state index in [1.807, 2.05) is 31.2 Å². The normalized spacial score (nSPS) is 11.2. The molecule has 0 aliphatic heterocycles. The fourth-order valence-electron chi connectivity index (χ4n) is 3.10. The van der Waals surface area contributed by atoms with Crippen LogP contribution in [0.25, 0.3) is 0 Å². The van der Waals surface area contributed by atoms with Gasteiger partial charge in [0.15, 0.2) is 0 Å². The Morgan fingerprint density at radius 3 is 2.38 bits per heavy atom. The molecule has 0 atom stereocenters. The first-order chi connectivity index (χ1) is 15.3. The van der Waals surface area contributed by atoms with Gasteiger partial charge in [-0.05, 0) is 66.9 Å². The molecule has 0 spiro atoms. The molecule has 0 saturated carbocycles. The number of carbonyl (C=O) groups is 1. The average Bonchev–Trinajstić information content (AvgIpc) is 2.78. The van der Waals surface area contributed by atoms with Gasteiger partial charge >= 0.3 is 0 Å². The van der Waals surface area contributed by atoms with Crippen LogP contribution in [0.2, 0.25) is 0 Å². The van der Waals surface area contributed by atoms with Crippen LogP contribution in [0.3, 0.4) is 0 Å². The Balaban J connectivity index is 1.76. The number of amides is 1. The maximum atomic E-state index is 13.1. The average molecular weight is 457 g/mol. The highest BCUT2D eigenvalue weighted by Crippen LogP contribution is 2.20. The van der Waals surface area contributed by atoms with E-state index in [1.165, 1.54) is 24.3 Å². The highest BCUT2D eigenvalue weighted by Gasteiger charge is 2.18. The minimum absolute atomic E-state index is 0.0608. The third-order valence-electron chi connectivity index (χ3n) is 4.88. The lowest BCUT2D eigenvalue weighted by Crippen LogP contribution is -2.25. The predicted molar refractivity (Wildman–Crippen MR) is 121 cm³/mol. The fraction of sp³-hybridized carbons (Fsp3) is 0.208. The number of aryl methyl sites for hydroxylation is 1. The van der Waals surface area contributed by atoms with E-state index in [1.54, 1.807) is 13.0 Å². The largest absolute Gasteiger partial charge is 0.377 e. The van der Waals surface area contributed by atoms with E-state index in [0.29, 0.717) is 18.8 Å². The number of rotatable bonds is 9. The Labute approximate surface area is 187 Å². The first kappa shape index (κ1) is 23.4. The van der Waals surface area contributed by atoms with E-state index in [0.717, 1.165) is 23.3 Å². The molecule has 0 saturated heterocycles. The lowest BCUT2D eigenvalue weighted by molar-refractivity contribution is 0.0949. The van der Waals surface area contributed by atoms with Crippen molar-refractivity contribution >= 4 is 21.6 Å². The maximum Gasteiger partial charge on any atom is 0.261 e. The number of benzene rings is 3. The molecule has 0 fully saturated rings. The van der Waals surface area contributed by atoms with E-state index in [4.69, 9.17) is 4.74 Å². The molecule has 6 nitrogen and oxygen atoms in total. The summed E-state index contributed by atoms with van der Waals surface area (Å²) in [4.78, 5) is 12.8. The third kappa shape index (κ3) is 5.93. The molecule has 0 heterocycles. The molecule has 0 unspecified atom stereocenters. The summed E-state index contributed by atoms with van der Waals surface area (Å²) in [5.41, 5.74) is 3.03. The van der Waals surface area contributed by atoms with Crippen molar-refractivity contribution in [2.45, 2.75) is 31.9 Å². The Bertz CT molecular complexity index is 1190. The van der Waals surface area contributed by atoms with Crippen LogP contribution in [-0.2, 0) is 27.9 Å². The minimum Gasteiger partial charge on any atom is -0.377 e. The number of hydrogen-bond donors (Lipinski definition) is 2. The summed E-state index contributed by atoms with van der Waals surface area (Å²) >= 11 is 0. The van der Waals surface area contributed by atoms with E-state index in [-0.39, 0.29) is 28.6 Å². The first-order valence-corrected chi connectivity index (χ1v) is 11.6. The quantitative estimate of drug-likeness (QED) is 0.500. The SMILES string of the molecule is CCOCc1ccccc1CNC(=O)c1cc(S(=O)(=O)Nc2ccc(F)cc2)ccc1C. The molecular weight excluding hydrogens is 431 g/mol. The van der Waals surface area contributed by atoms with Crippen LogP contribution >= 0.6 is 0 Å². The molecule has 3 aromatic rings.